The number of hydroxylamine groups is 2. The molecule has 1 aromatic rings. The van der Waals surface area contributed by atoms with Crippen LogP contribution in [0.15, 0.2) is 15.8 Å². The molecule has 1 fully saturated rings. The summed E-state index contributed by atoms with van der Waals surface area (Å²) in [5.74, 6) is 0. The fraction of sp³-hybridized carbons (Fsp3) is 0.636. The van der Waals surface area contributed by atoms with Gasteiger partial charge >= 0.3 is 5.69 Å². The van der Waals surface area contributed by atoms with Gasteiger partial charge in [0.05, 0.1) is 25.3 Å². The number of rotatable bonds is 3. The van der Waals surface area contributed by atoms with Crippen LogP contribution in [0.3, 0.4) is 0 Å². The molecule has 7 heteroatoms. The Hall–Kier alpha value is -1.44. The molecule has 0 unspecified atom stereocenters. The Morgan fingerprint density at radius 1 is 1.56 bits per heavy atom. The number of likely N-dealkylation sites (N-methyl/N-ethyl adjacent to an activating group) is 1. The van der Waals surface area contributed by atoms with Crippen LogP contribution in [0, 0.1) is 6.92 Å². The smallest absolute Gasteiger partial charge is 0.328 e. The van der Waals surface area contributed by atoms with E-state index < -0.39 is 5.69 Å². The van der Waals surface area contributed by atoms with Crippen LogP contribution in [0.2, 0.25) is 0 Å². The number of aromatic amines is 1. The number of aliphatic hydroxyl groups excluding tert-OH is 1. The third kappa shape index (κ3) is 2.53. The standard InChI is InChI=1S/C11H17N3O4/c1-7-4-14(11(17)12-10(7)16)5-9-3-8(6-15)13(2)18-9/h4,8-9,15H,3,5-6H2,1-2H3,(H,12,16,17)/t8-,9+/m1/s1. The first-order chi connectivity index (χ1) is 8.51. The van der Waals surface area contributed by atoms with E-state index in [2.05, 4.69) is 4.98 Å². The zero-order valence-corrected chi connectivity index (χ0v) is 10.4. The normalized spacial score (nSPS) is 24.6. The summed E-state index contributed by atoms with van der Waals surface area (Å²) in [5, 5.41) is 10.7. The molecule has 0 amide bonds. The van der Waals surface area contributed by atoms with Gasteiger partial charge in [0, 0.05) is 18.8 Å². The number of aliphatic hydroxyl groups is 1. The molecular weight excluding hydrogens is 238 g/mol. The first-order valence-corrected chi connectivity index (χ1v) is 5.82. The number of H-pyrrole nitrogens is 1. The van der Waals surface area contributed by atoms with Crippen LogP contribution in [0.4, 0.5) is 0 Å². The van der Waals surface area contributed by atoms with Gasteiger partial charge in [0.2, 0.25) is 0 Å². The molecule has 1 aliphatic rings. The monoisotopic (exact) mass is 255 g/mol. The SMILES string of the molecule is Cc1cn(C[C@@H]2C[C@H](CO)N(C)O2)c(=O)[nH]c1=O. The quantitative estimate of drug-likeness (QED) is 0.711. The summed E-state index contributed by atoms with van der Waals surface area (Å²) in [7, 11) is 1.75. The second-order valence-corrected chi connectivity index (χ2v) is 4.57. The summed E-state index contributed by atoms with van der Waals surface area (Å²) >= 11 is 0. The Morgan fingerprint density at radius 2 is 2.28 bits per heavy atom. The molecule has 0 bridgehead atoms. The van der Waals surface area contributed by atoms with Crippen molar-refractivity contribution in [3.8, 4) is 0 Å². The second kappa shape index (κ2) is 5.05. The molecule has 2 N–H and O–H groups in total. The minimum Gasteiger partial charge on any atom is -0.395 e. The fourth-order valence-electron chi connectivity index (χ4n) is 2.09. The molecule has 2 rings (SSSR count). The average molecular weight is 255 g/mol. The maximum atomic E-state index is 11.6. The van der Waals surface area contributed by atoms with Gasteiger partial charge in [-0.3, -0.25) is 19.2 Å². The van der Waals surface area contributed by atoms with Gasteiger partial charge in [-0.2, -0.15) is 5.06 Å². The molecule has 0 spiro atoms. The molecule has 18 heavy (non-hydrogen) atoms. The Kier molecular flexibility index (Phi) is 3.65. The van der Waals surface area contributed by atoms with Crippen molar-refractivity contribution < 1.29 is 9.94 Å². The molecule has 0 aromatic carbocycles. The highest BCUT2D eigenvalue weighted by molar-refractivity contribution is 5.01. The third-order valence-electron chi connectivity index (χ3n) is 3.16. The van der Waals surface area contributed by atoms with Gasteiger partial charge in [-0.25, -0.2) is 4.79 Å². The van der Waals surface area contributed by atoms with E-state index in [9.17, 15) is 9.59 Å². The van der Waals surface area contributed by atoms with E-state index in [1.165, 1.54) is 10.8 Å². The molecule has 7 nitrogen and oxygen atoms in total. The zero-order valence-electron chi connectivity index (χ0n) is 10.4. The Bertz CT molecular complexity index is 536. The van der Waals surface area contributed by atoms with Crippen molar-refractivity contribution in [3.05, 3.63) is 32.6 Å². The summed E-state index contributed by atoms with van der Waals surface area (Å²) in [6.45, 7) is 2.02. The third-order valence-corrected chi connectivity index (χ3v) is 3.16. The van der Waals surface area contributed by atoms with Crippen LogP contribution >= 0.6 is 0 Å². The van der Waals surface area contributed by atoms with Gasteiger partial charge in [-0.05, 0) is 13.3 Å². The number of aromatic nitrogens is 2. The van der Waals surface area contributed by atoms with E-state index in [0.29, 0.717) is 18.5 Å². The molecule has 100 valence electrons. The van der Waals surface area contributed by atoms with Crippen LogP contribution in [-0.2, 0) is 11.4 Å². The molecule has 2 atom stereocenters. The lowest BCUT2D eigenvalue weighted by Crippen LogP contribution is -2.34. The van der Waals surface area contributed by atoms with Crippen molar-refractivity contribution in [2.75, 3.05) is 13.7 Å². The lowest BCUT2D eigenvalue weighted by Gasteiger charge is -2.14. The van der Waals surface area contributed by atoms with Gasteiger partial charge in [0.1, 0.15) is 0 Å². The van der Waals surface area contributed by atoms with Gasteiger partial charge in [-0.15, -0.1) is 0 Å². The van der Waals surface area contributed by atoms with Crippen molar-refractivity contribution in [2.24, 2.45) is 0 Å². The maximum absolute atomic E-state index is 11.6. The van der Waals surface area contributed by atoms with Gasteiger partial charge < -0.3 is 5.11 Å². The van der Waals surface area contributed by atoms with Crippen molar-refractivity contribution >= 4 is 0 Å². The van der Waals surface area contributed by atoms with Gasteiger partial charge in [0.25, 0.3) is 5.56 Å². The van der Waals surface area contributed by atoms with Crippen molar-refractivity contribution in [1.29, 1.82) is 0 Å². The van der Waals surface area contributed by atoms with Gasteiger partial charge in [0.15, 0.2) is 0 Å². The molecule has 1 aliphatic heterocycles. The van der Waals surface area contributed by atoms with Crippen LogP contribution in [0.5, 0.6) is 0 Å². The topological polar surface area (TPSA) is 87.6 Å². The van der Waals surface area contributed by atoms with E-state index in [1.807, 2.05) is 0 Å². The number of hydrogen-bond acceptors (Lipinski definition) is 5. The lowest BCUT2D eigenvalue weighted by atomic mass is 10.1. The first kappa shape index (κ1) is 13.0. The number of hydrogen-bond donors (Lipinski definition) is 2. The van der Waals surface area contributed by atoms with Crippen LogP contribution in [-0.4, -0.2) is 45.5 Å². The summed E-state index contributed by atoms with van der Waals surface area (Å²) in [6.07, 6.45) is 2.00. The highest BCUT2D eigenvalue weighted by Gasteiger charge is 2.30. The highest BCUT2D eigenvalue weighted by Crippen LogP contribution is 2.19. The van der Waals surface area contributed by atoms with E-state index in [0.717, 1.165) is 0 Å². The molecular formula is C11H17N3O4. The number of aryl methyl sites for hydroxylation is 1. The predicted molar refractivity (Wildman–Crippen MR) is 64.2 cm³/mol. The summed E-state index contributed by atoms with van der Waals surface area (Å²) in [4.78, 5) is 30.6. The first-order valence-electron chi connectivity index (χ1n) is 5.82. The van der Waals surface area contributed by atoms with E-state index in [4.69, 9.17) is 9.94 Å². The predicted octanol–water partition coefficient (Wildman–Crippen LogP) is -1.16. The minimum atomic E-state index is -0.440. The molecule has 0 radical (unpaired) electrons. The Balaban J connectivity index is 2.14. The molecule has 1 aromatic heterocycles. The summed E-state index contributed by atoms with van der Waals surface area (Å²) in [5.41, 5.74) is -0.321. The van der Waals surface area contributed by atoms with Crippen molar-refractivity contribution in [1.82, 2.24) is 14.6 Å². The minimum absolute atomic E-state index is 0.0204. The summed E-state index contributed by atoms with van der Waals surface area (Å²) < 4.78 is 1.43. The molecule has 0 saturated carbocycles. The number of nitrogens with one attached hydrogen (secondary N) is 1. The van der Waals surface area contributed by atoms with Crippen LogP contribution in [0.1, 0.15) is 12.0 Å². The molecule has 0 aliphatic carbocycles. The Morgan fingerprint density at radius 3 is 2.89 bits per heavy atom. The van der Waals surface area contributed by atoms with E-state index >= 15 is 0 Å². The molecule has 1 saturated heterocycles. The largest absolute Gasteiger partial charge is 0.395 e. The van der Waals surface area contributed by atoms with Crippen LogP contribution in [0.25, 0.3) is 0 Å². The lowest BCUT2D eigenvalue weighted by molar-refractivity contribution is -0.151. The van der Waals surface area contributed by atoms with Crippen molar-refractivity contribution in [2.45, 2.75) is 32.0 Å². The maximum Gasteiger partial charge on any atom is 0.328 e. The second-order valence-electron chi connectivity index (χ2n) is 4.57. The number of nitrogens with zero attached hydrogens (tertiary/aromatic N) is 2. The average Bonchev–Trinajstić information content (AvgIpc) is 2.66. The van der Waals surface area contributed by atoms with Gasteiger partial charge in [-0.1, -0.05) is 0 Å². The fourth-order valence-corrected chi connectivity index (χ4v) is 2.09. The summed E-state index contributed by atoms with van der Waals surface area (Å²) in [6, 6.07) is -0.0467. The Labute approximate surface area is 104 Å². The van der Waals surface area contributed by atoms with E-state index in [1.54, 1.807) is 19.0 Å². The van der Waals surface area contributed by atoms with Crippen molar-refractivity contribution in [3.63, 3.8) is 0 Å². The van der Waals surface area contributed by atoms with E-state index in [-0.39, 0.29) is 24.3 Å². The highest BCUT2D eigenvalue weighted by atomic mass is 16.7. The molecule has 2 heterocycles. The zero-order chi connectivity index (χ0) is 13.3. The van der Waals surface area contributed by atoms with Crippen LogP contribution < -0.4 is 11.2 Å².